The van der Waals surface area contributed by atoms with Gasteiger partial charge in [0.05, 0.1) is 18.6 Å². The number of hydrogen-bond acceptors (Lipinski definition) is 8. The fourth-order valence-electron chi connectivity index (χ4n) is 1.84. The van der Waals surface area contributed by atoms with Crippen molar-refractivity contribution in [1.29, 1.82) is 0 Å². The summed E-state index contributed by atoms with van der Waals surface area (Å²) in [6.45, 7) is 2.47. The molecular formula is C15H24O8. The fraction of sp³-hybridized carbons (Fsp3) is 0.733. The summed E-state index contributed by atoms with van der Waals surface area (Å²) in [7, 11) is 2.89. The maximum atomic E-state index is 11.5. The Kier molecular flexibility index (Phi) is 10.00. The number of ether oxygens (including phenoxy) is 4. The van der Waals surface area contributed by atoms with Crippen molar-refractivity contribution in [3.05, 3.63) is 0 Å². The lowest BCUT2D eigenvalue weighted by Crippen LogP contribution is -2.42. The van der Waals surface area contributed by atoms with Crippen molar-refractivity contribution < 1.29 is 38.1 Å². The highest BCUT2D eigenvalue weighted by molar-refractivity contribution is 5.94. The maximum Gasteiger partial charge on any atom is 0.313 e. The van der Waals surface area contributed by atoms with E-state index in [2.05, 4.69) is 0 Å². The highest BCUT2D eigenvalue weighted by Crippen LogP contribution is 2.20. The van der Waals surface area contributed by atoms with Crippen LogP contribution < -0.4 is 0 Å². The molecular weight excluding hydrogens is 308 g/mol. The molecule has 8 nitrogen and oxygen atoms in total. The van der Waals surface area contributed by atoms with Crippen LogP contribution in [-0.2, 0) is 38.1 Å². The number of carbonyl (C=O) groups is 4. The number of methoxy groups -OCH3 is 2. The molecule has 0 saturated carbocycles. The molecule has 23 heavy (non-hydrogen) atoms. The number of esters is 2. The zero-order chi connectivity index (χ0) is 17.9. The van der Waals surface area contributed by atoms with Crippen LogP contribution in [0.1, 0.15) is 26.7 Å². The van der Waals surface area contributed by atoms with Gasteiger partial charge >= 0.3 is 11.9 Å². The zero-order valence-electron chi connectivity index (χ0n) is 14.0. The summed E-state index contributed by atoms with van der Waals surface area (Å²) in [6, 6.07) is 0. The number of carbonyl (C=O) groups excluding carboxylic acids is 4. The molecule has 0 aromatic heterocycles. The van der Waals surface area contributed by atoms with Crippen molar-refractivity contribution in [2.75, 3.05) is 40.6 Å². The van der Waals surface area contributed by atoms with Crippen LogP contribution in [0, 0.1) is 5.41 Å². The number of hydrogen-bond donors (Lipinski definition) is 0. The Morgan fingerprint density at radius 3 is 1.30 bits per heavy atom. The molecule has 0 spiro atoms. The standard InChI is InChI=1S/C15H24O8/c1-11(16)5-13(18)22-9-15(7-20-3,8-21-4)10-23-14(19)6-12(2)17/h5-10H2,1-4H3. The van der Waals surface area contributed by atoms with Crippen molar-refractivity contribution >= 4 is 23.5 Å². The second kappa shape index (κ2) is 10.8. The molecule has 0 aromatic rings. The van der Waals surface area contributed by atoms with Gasteiger partial charge in [0.2, 0.25) is 0 Å². The predicted octanol–water partition coefficient (Wildman–Crippen LogP) is 0.310. The third-order valence-electron chi connectivity index (χ3n) is 2.77. The van der Waals surface area contributed by atoms with E-state index in [0.717, 1.165) is 0 Å². The van der Waals surface area contributed by atoms with E-state index < -0.39 is 17.4 Å². The average molecular weight is 332 g/mol. The van der Waals surface area contributed by atoms with Crippen LogP contribution in [0.25, 0.3) is 0 Å². The van der Waals surface area contributed by atoms with Gasteiger partial charge in [-0.3, -0.25) is 19.2 Å². The summed E-state index contributed by atoms with van der Waals surface area (Å²) in [5, 5.41) is 0. The molecule has 0 amide bonds. The van der Waals surface area contributed by atoms with E-state index in [1.807, 2.05) is 0 Å². The van der Waals surface area contributed by atoms with Gasteiger partial charge in [-0.25, -0.2) is 0 Å². The summed E-state index contributed by atoms with van der Waals surface area (Å²) in [4.78, 5) is 44.8. The second-order valence-corrected chi connectivity index (χ2v) is 5.44. The average Bonchev–Trinajstić information content (AvgIpc) is 2.42. The van der Waals surface area contributed by atoms with Crippen molar-refractivity contribution in [2.45, 2.75) is 26.7 Å². The summed E-state index contributed by atoms with van der Waals surface area (Å²) in [5.74, 6) is -1.98. The van der Waals surface area contributed by atoms with Gasteiger partial charge in [-0.05, 0) is 13.8 Å². The van der Waals surface area contributed by atoms with Crippen molar-refractivity contribution in [2.24, 2.45) is 5.41 Å². The quantitative estimate of drug-likeness (QED) is 0.371. The molecule has 132 valence electrons. The van der Waals surface area contributed by atoms with Gasteiger partial charge in [-0.15, -0.1) is 0 Å². The molecule has 0 aromatic carbocycles. The Balaban J connectivity index is 4.79. The second-order valence-electron chi connectivity index (χ2n) is 5.44. The third-order valence-corrected chi connectivity index (χ3v) is 2.77. The van der Waals surface area contributed by atoms with E-state index in [4.69, 9.17) is 18.9 Å². The lowest BCUT2D eigenvalue weighted by atomic mass is 9.92. The van der Waals surface area contributed by atoms with Gasteiger partial charge < -0.3 is 18.9 Å². The molecule has 0 aliphatic carbocycles. The summed E-state index contributed by atoms with van der Waals surface area (Å²) in [5.41, 5.74) is -0.914. The lowest BCUT2D eigenvalue weighted by Gasteiger charge is -2.31. The molecule has 0 N–H and O–H groups in total. The Labute approximate surface area is 135 Å². The van der Waals surface area contributed by atoms with E-state index in [1.165, 1.54) is 28.1 Å². The van der Waals surface area contributed by atoms with Crippen molar-refractivity contribution in [3.63, 3.8) is 0 Å². The Bertz CT molecular complexity index is 389. The smallest absolute Gasteiger partial charge is 0.313 e. The lowest BCUT2D eigenvalue weighted by molar-refractivity contribution is -0.161. The molecule has 0 unspecified atom stereocenters. The molecule has 0 aliphatic rings. The Morgan fingerprint density at radius 2 is 1.04 bits per heavy atom. The van der Waals surface area contributed by atoms with E-state index in [0.29, 0.717) is 0 Å². The van der Waals surface area contributed by atoms with E-state index in [9.17, 15) is 19.2 Å². The zero-order valence-corrected chi connectivity index (χ0v) is 14.0. The van der Waals surface area contributed by atoms with Gasteiger partial charge in [0, 0.05) is 14.2 Å². The van der Waals surface area contributed by atoms with Gasteiger partial charge in [-0.2, -0.15) is 0 Å². The minimum atomic E-state index is -0.914. The highest BCUT2D eigenvalue weighted by Gasteiger charge is 2.34. The molecule has 0 heterocycles. The van der Waals surface area contributed by atoms with Crippen LogP contribution in [0.5, 0.6) is 0 Å². The van der Waals surface area contributed by atoms with Crippen molar-refractivity contribution in [1.82, 2.24) is 0 Å². The summed E-state index contributed by atoms with van der Waals surface area (Å²) >= 11 is 0. The van der Waals surface area contributed by atoms with E-state index >= 15 is 0 Å². The summed E-state index contributed by atoms with van der Waals surface area (Å²) < 4.78 is 20.3. The van der Waals surface area contributed by atoms with Crippen molar-refractivity contribution in [3.8, 4) is 0 Å². The van der Waals surface area contributed by atoms with E-state index in [-0.39, 0.29) is 50.8 Å². The van der Waals surface area contributed by atoms with Gasteiger partial charge in [-0.1, -0.05) is 0 Å². The molecule has 0 saturated heterocycles. The molecule has 0 radical (unpaired) electrons. The SMILES string of the molecule is COCC(COC)(COC(=O)CC(C)=O)COC(=O)CC(C)=O. The predicted molar refractivity (Wildman–Crippen MR) is 78.7 cm³/mol. The normalized spacial score (nSPS) is 11.0. The molecule has 0 fully saturated rings. The molecule has 8 heteroatoms. The van der Waals surface area contributed by atoms with Crippen LogP contribution in [0.3, 0.4) is 0 Å². The molecule has 0 atom stereocenters. The van der Waals surface area contributed by atoms with Crippen LogP contribution in [-0.4, -0.2) is 64.2 Å². The van der Waals surface area contributed by atoms with E-state index in [1.54, 1.807) is 0 Å². The number of Topliss-reactive ketones (excluding diaryl/α,β-unsaturated/α-hetero) is 2. The first-order valence-electron chi connectivity index (χ1n) is 7.02. The first-order chi connectivity index (χ1) is 10.7. The number of ketones is 2. The number of rotatable bonds is 12. The minimum absolute atomic E-state index is 0.0988. The minimum Gasteiger partial charge on any atom is -0.464 e. The molecule has 0 rings (SSSR count). The molecule has 0 aliphatic heterocycles. The van der Waals surface area contributed by atoms with Gasteiger partial charge in [0.15, 0.2) is 0 Å². The monoisotopic (exact) mass is 332 g/mol. The van der Waals surface area contributed by atoms with Gasteiger partial charge in [0.1, 0.15) is 37.6 Å². The van der Waals surface area contributed by atoms with Crippen LogP contribution >= 0.6 is 0 Å². The first-order valence-corrected chi connectivity index (χ1v) is 7.02. The highest BCUT2D eigenvalue weighted by atomic mass is 16.6. The largest absolute Gasteiger partial charge is 0.464 e. The Hall–Kier alpha value is -1.80. The molecule has 0 bridgehead atoms. The van der Waals surface area contributed by atoms with Crippen LogP contribution in [0.4, 0.5) is 0 Å². The third kappa shape index (κ3) is 9.75. The first kappa shape index (κ1) is 21.2. The van der Waals surface area contributed by atoms with Crippen LogP contribution in [0.15, 0.2) is 0 Å². The topological polar surface area (TPSA) is 105 Å². The summed E-state index contributed by atoms with van der Waals surface area (Å²) in [6.07, 6.45) is -0.666. The van der Waals surface area contributed by atoms with Gasteiger partial charge in [0.25, 0.3) is 0 Å². The maximum absolute atomic E-state index is 11.5. The van der Waals surface area contributed by atoms with Crippen LogP contribution in [0.2, 0.25) is 0 Å². The fourth-order valence-corrected chi connectivity index (χ4v) is 1.84. The Morgan fingerprint density at radius 1 is 0.696 bits per heavy atom.